The van der Waals surface area contributed by atoms with Gasteiger partial charge in [0.25, 0.3) is 0 Å². The van der Waals surface area contributed by atoms with Crippen LogP contribution in [-0.4, -0.2) is 20.3 Å². The summed E-state index contributed by atoms with van der Waals surface area (Å²) in [5.74, 6) is -0.0424. The number of nitrogen functional groups attached to an aromatic ring is 1. The molecule has 5 heteroatoms. The Balaban J connectivity index is 2.98. The lowest BCUT2D eigenvalue weighted by Gasteiger charge is -1.98. The quantitative estimate of drug-likeness (QED) is 0.302. The van der Waals surface area contributed by atoms with E-state index in [2.05, 4.69) is 5.10 Å². The predicted octanol–water partition coefficient (Wildman–Crippen LogP) is 0.561. The highest BCUT2D eigenvalue weighted by Crippen LogP contribution is 2.27. The molecule has 4 N–H and O–H groups in total. The molecule has 0 fully saturated rings. The van der Waals surface area contributed by atoms with Gasteiger partial charge in [-0.15, -0.1) is 5.10 Å². The number of hydrogen-bond donors (Lipinski definition) is 3. The Bertz CT molecular complexity index is 435. The molecule has 0 aliphatic heterocycles. The summed E-state index contributed by atoms with van der Waals surface area (Å²) in [7, 11) is 0. The van der Waals surface area contributed by atoms with Gasteiger partial charge in [-0.1, -0.05) is 4.85 Å². The summed E-state index contributed by atoms with van der Waals surface area (Å²) in [6.45, 7) is 0. The largest absolute Gasteiger partial charge is 0.506 e. The lowest BCUT2D eigenvalue weighted by molar-refractivity contribution is 0.160. The average molecular weight is 165 g/mol. The van der Waals surface area contributed by atoms with Crippen molar-refractivity contribution >= 4 is 16.6 Å². The Morgan fingerprint density at radius 1 is 1.42 bits per heavy atom. The van der Waals surface area contributed by atoms with Crippen LogP contribution in [0.15, 0.2) is 18.3 Å². The smallest absolute Gasteiger partial charge is 0.153 e. The molecule has 0 spiro atoms. The van der Waals surface area contributed by atoms with Gasteiger partial charge in [0.2, 0.25) is 0 Å². The number of aromatic nitrogens is 2. The van der Waals surface area contributed by atoms with Crippen molar-refractivity contribution in [2.75, 3.05) is 5.73 Å². The summed E-state index contributed by atoms with van der Waals surface area (Å²) in [5.41, 5.74) is 6.27. The van der Waals surface area contributed by atoms with Crippen molar-refractivity contribution in [3.8, 4) is 5.75 Å². The van der Waals surface area contributed by atoms with E-state index in [1.165, 1.54) is 12.3 Å². The van der Waals surface area contributed by atoms with Gasteiger partial charge in [0.1, 0.15) is 5.75 Å². The Kier molecular flexibility index (Phi) is 1.15. The van der Waals surface area contributed by atoms with E-state index in [1.807, 2.05) is 0 Å². The maximum absolute atomic E-state index is 9.29. The fourth-order valence-electron chi connectivity index (χ4n) is 1.13. The normalized spacial score (nSPS) is 10.7. The molecule has 5 nitrogen and oxygen atoms in total. The molecule has 12 heavy (non-hydrogen) atoms. The van der Waals surface area contributed by atoms with E-state index in [0.717, 1.165) is 0 Å². The second kappa shape index (κ2) is 2.04. The number of fused-ring (bicyclic) bond motifs is 1. The third-order valence-electron chi connectivity index (χ3n) is 1.73. The SMILES string of the molecule is Nc1ccc(O)c2c1cnn2O. The molecule has 1 aromatic heterocycles. The molecule has 0 atom stereocenters. The minimum atomic E-state index is -0.0424. The monoisotopic (exact) mass is 165 g/mol. The second-order valence-electron chi connectivity index (χ2n) is 2.47. The first-order valence-corrected chi connectivity index (χ1v) is 3.34. The summed E-state index contributed by atoms with van der Waals surface area (Å²) in [5, 5.41) is 22.5. The fraction of sp³-hybridized carbons (Fsp3) is 0. The maximum Gasteiger partial charge on any atom is 0.153 e. The summed E-state index contributed by atoms with van der Waals surface area (Å²) in [6.07, 6.45) is 1.39. The van der Waals surface area contributed by atoms with E-state index in [9.17, 15) is 5.11 Å². The number of nitrogens with two attached hydrogens (primary N) is 1. The molecule has 62 valence electrons. The van der Waals surface area contributed by atoms with Gasteiger partial charge in [-0.2, -0.15) is 0 Å². The average Bonchev–Trinajstić information content (AvgIpc) is 2.42. The van der Waals surface area contributed by atoms with Crippen LogP contribution in [0, 0.1) is 0 Å². The van der Waals surface area contributed by atoms with Crippen molar-refractivity contribution in [2.24, 2.45) is 0 Å². The number of rotatable bonds is 0. The first kappa shape index (κ1) is 6.78. The molecule has 0 saturated heterocycles. The van der Waals surface area contributed by atoms with Crippen molar-refractivity contribution in [3.63, 3.8) is 0 Å². The maximum atomic E-state index is 9.29. The summed E-state index contributed by atoms with van der Waals surface area (Å²) in [6, 6.07) is 2.96. The number of benzene rings is 1. The minimum absolute atomic E-state index is 0.0424. The van der Waals surface area contributed by atoms with Gasteiger partial charge in [-0.3, -0.25) is 0 Å². The van der Waals surface area contributed by atoms with Crippen LogP contribution in [0.4, 0.5) is 5.69 Å². The van der Waals surface area contributed by atoms with Crippen LogP contribution in [-0.2, 0) is 0 Å². The molecule has 1 aromatic carbocycles. The molecule has 2 aromatic rings. The van der Waals surface area contributed by atoms with Gasteiger partial charge in [0, 0.05) is 5.69 Å². The van der Waals surface area contributed by atoms with Gasteiger partial charge in [0.15, 0.2) is 5.52 Å². The lowest BCUT2D eigenvalue weighted by Crippen LogP contribution is -1.92. The van der Waals surface area contributed by atoms with Gasteiger partial charge in [-0.05, 0) is 12.1 Å². The summed E-state index contributed by atoms with van der Waals surface area (Å²) < 4.78 is 0. The van der Waals surface area contributed by atoms with E-state index in [4.69, 9.17) is 10.9 Å². The number of aromatic hydroxyl groups is 1. The Morgan fingerprint density at radius 3 is 2.83 bits per heavy atom. The van der Waals surface area contributed by atoms with Crippen LogP contribution in [0.3, 0.4) is 0 Å². The van der Waals surface area contributed by atoms with Crippen molar-refractivity contribution < 1.29 is 10.3 Å². The number of phenolic OH excluding ortho intramolecular Hbond substituents is 1. The molecule has 0 bridgehead atoms. The number of phenols is 1. The fourth-order valence-corrected chi connectivity index (χ4v) is 1.13. The van der Waals surface area contributed by atoms with Crippen molar-refractivity contribution in [3.05, 3.63) is 18.3 Å². The molecule has 0 radical (unpaired) electrons. The van der Waals surface area contributed by atoms with E-state index in [1.54, 1.807) is 6.07 Å². The second-order valence-corrected chi connectivity index (χ2v) is 2.47. The Hall–Kier alpha value is -1.91. The van der Waals surface area contributed by atoms with E-state index in [-0.39, 0.29) is 11.3 Å². The van der Waals surface area contributed by atoms with E-state index < -0.39 is 0 Å². The standard InChI is InChI=1S/C7H7N3O2/c8-5-1-2-6(11)7-4(5)3-9-10(7)12/h1-3,11-12H,8H2. The van der Waals surface area contributed by atoms with Gasteiger partial charge >= 0.3 is 0 Å². The third kappa shape index (κ3) is 0.701. The molecular weight excluding hydrogens is 158 g/mol. The van der Waals surface area contributed by atoms with Crippen LogP contribution in [0.2, 0.25) is 0 Å². The van der Waals surface area contributed by atoms with Crippen LogP contribution >= 0.6 is 0 Å². The summed E-state index contributed by atoms with van der Waals surface area (Å²) >= 11 is 0. The summed E-state index contributed by atoms with van der Waals surface area (Å²) in [4.78, 5) is 0.598. The van der Waals surface area contributed by atoms with Crippen LogP contribution in [0.5, 0.6) is 5.75 Å². The van der Waals surface area contributed by atoms with Crippen molar-refractivity contribution in [1.29, 1.82) is 0 Å². The predicted molar refractivity (Wildman–Crippen MR) is 43.0 cm³/mol. The first-order chi connectivity index (χ1) is 5.70. The van der Waals surface area contributed by atoms with Crippen LogP contribution in [0.25, 0.3) is 10.9 Å². The van der Waals surface area contributed by atoms with E-state index in [0.29, 0.717) is 15.9 Å². The molecule has 0 aliphatic rings. The molecular formula is C7H7N3O2. The molecule has 0 amide bonds. The van der Waals surface area contributed by atoms with Crippen molar-refractivity contribution in [2.45, 2.75) is 0 Å². The molecule has 0 unspecified atom stereocenters. The number of anilines is 1. The van der Waals surface area contributed by atoms with Crippen LogP contribution < -0.4 is 5.73 Å². The zero-order valence-corrected chi connectivity index (χ0v) is 6.10. The molecule has 0 aliphatic carbocycles. The van der Waals surface area contributed by atoms with Crippen LogP contribution in [0.1, 0.15) is 0 Å². The molecule has 2 rings (SSSR count). The topological polar surface area (TPSA) is 84.3 Å². The van der Waals surface area contributed by atoms with Gasteiger partial charge < -0.3 is 16.0 Å². The Morgan fingerprint density at radius 2 is 2.17 bits per heavy atom. The highest BCUT2D eigenvalue weighted by Gasteiger charge is 2.08. The number of nitrogens with zero attached hydrogens (tertiary/aromatic N) is 2. The first-order valence-electron chi connectivity index (χ1n) is 3.34. The van der Waals surface area contributed by atoms with Gasteiger partial charge in [-0.25, -0.2) is 0 Å². The highest BCUT2D eigenvalue weighted by molar-refractivity contribution is 5.93. The van der Waals surface area contributed by atoms with Crippen molar-refractivity contribution in [1.82, 2.24) is 9.94 Å². The molecule has 1 heterocycles. The third-order valence-corrected chi connectivity index (χ3v) is 1.73. The minimum Gasteiger partial charge on any atom is -0.506 e. The van der Waals surface area contributed by atoms with Gasteiger partial charge in [0.05, 0.1) is 11.6 Å². The zero-order chi connectivity index (χ0) is 8.72. The molecule has 0 saturated carbocycles. The zero-order valence-electron chi connectivity index (χ0n) is 6.10. The lowest BCUT2D eigenvalue weighted by atomic mass is 10.2. The van der Waals surface area contributed by atoms with E-state index >= 15 is 0 Å². The highest BCUT2D eigenvalue weighted by atomic mass is 16.5. The number of hydrogen-bond acceptors (Lipinski definition) is 4. The Labute approximate surface area is 67.6 Å².